The molecule has 0 saturated heterocycles. The predicted octanol–water partition coefficient (Wildman–Crippen LogP) is 5.18. The summed E-state index contributed by atoms with van der Waals surface area (Å²) in [6.07, 6.45) is 5.19. The number of ether oxygens (including phenoxy) is 1. The number of carbonyl (C=O) groups is 1. The first-order valence-corrected chi connectivity index (χ1v) is 8.94. The van der Waals surface area contributed by atoms with Crippen LogP contribution in [-0.2, 0) is 11.2 Å². The van der Waals surface area contributed by atoms with E-state index in [0.717, 1.165) is 23.2 Å². The SMILES string of the molecule is CCCC(CBr)(CCC)COc1ccc(CC(C)=O)cc1. The van der Waals surface area contributed by atoms with Crippen molar-refractivity contribution in [3.05, 3.63) is 29.8 Å². The minimum Gasteiger partial charge on any atom is -0.493 e. The van der Waals surface area contributed by atoms with Crippen LogP contribution in [0.5, 0.6) is 5.75 Å². The average Bonchev–Trinajstić information content (AvgIpc) is 2.46. The van der Waals surface area contributed by atoms with E-state index in [0.29, 0.717) is 6.42 Å². The Kier molecular flexibility index (Phi) is 8.02. The highest BCUT2D eigenvalue weighted by molar-refractivity contribution is 9.09. The Morgan fingerprint density at radius 3 is 2.14 bits per heavy atom. The summed E-state index contributed by atoms with van der Waals surface area (Å²) in [6, 6.07) is 7.89. The van der Waals surface area contributed by atoms with Crippen LogP contribution < -0.4 is 4.74 Å². The number of rotatable bonds is 10. The summed E-state index contributed by atoms with van der Waals surface area (Å²) in [4.78, 5) is 11.1. The highest BCUT2D eigenvalue weighted by Crippen LogP contribution is 2.33. The zero-order valence-corrected chi connectivity index (χ0v) is 15.0. The lowest BCUT2D eigenvalue weighted by atomic mass is 9.82. The summed E-state index contributed by atoms with van der Waals surface area (Å²) in [6.45, 7) is 6.81. The Bertz CT molecular complexity index is 419. The second kappa shape index (κ2) is 9.24. The van der Waals surface area contributed by atoms with E-state index < -0.39 is 0 Å². The van der Waals surface area contributed by atoms with E-state index in [-0.39, 0.29) is 11.2 Å². The topological polar surface area (TPSA) is 26.3 Å². The summed E-state index contributed by atoms with van der Waals surface area (Å²) in [5.41, 5.74) is 1.27. The van der Waals surface area contributed by atoms with E-state index in [1.54, 1.807) is 6.92 Å². The highest BCUT2D eigenvalue weighted by Gasteiger charge is 2.28. The minimum atomic E-state index is 0.188. The number of alkyl halides is 1. The van der Waals surface area contributed by atoms with Crippen LogP contribution in [0.3, 0.4) is 0 Å². The van der Waals surface area contributed by atoms with Crippen molar-refractivity contribution >= 4 is 21.7 Å². The molecule has 3 heteroatoms. The van der Waals surface area contributed by atoms with Gasteiger partial charge in [0.15, 0.2) is 0 Å². The number of halogens is 1. The predicted molar refractivity (Wildman–Crippen MR) is 92.4 cm³/mol. The minimum absolute atomic E-state index is 0.188. The molecule has 2 nitrogen and oxygen atoms in total. The monoisotopic (exact) mass is 354 g/mol. The number of ketones is 1. The van der Waals surface area contributed by atoms with Crippen molar-refractivity contribution < 1.29 is 9.53 Å². The summed E-state index contributed by atoms with van der Waals surface area (Å²) in [5, 5.41) is 0.976. The summed E-state index contributed by atoms with van der Waals surface area (Å²) < 4.78 is 6.01. The lowest BCUT2D eigenvalue weighted by Crippen LogP contribution is -2.30. The molecule has 0 bridgehead atoms. The van der Waals surface area contributed by atoms with Crippen LogP contribution in [0, 0.1) is 5.41 Å². The zero-order chi connectivity index (χ0) is 15.7. The molecule has 1 aromatic rings. The summed E-state index contributed by atoms with van der Waals surface area (Å²) in [7, 11) is 0. The molecule has 0 N–H and O–H groups in total. The van der Waals surface area contributed by atoms with Crippen molar-refractivity contribution in [1.29, 1.82) is 0 Å². The maximum atomic E-state index is 11.1. The molecule has 0 fully saturated rings. The molecule has 1 aromatic carbocycles. The van der Waals surface area contributed by atoms with Crippen LogP contribution in [0.1, 0.15) is 52.0 Å². The van der Waals surface area contributed by atoms with Crippen LogP contribution in [0.15, 0.2) is 24.3 Å². The lowest BCUT2D eigenvalue weighted by molar-refractivity contribution is -0.116. The van der Waals surface area contributed by atoms with Gasteiger partial charge in [0.05, 0.1) is 6.61 Å². The molecule has 21 heavy (non-hydrogen) atoms. The molecule has 1 rings (SSSR count). The molecular formula is C18H27BrO2. The zero-order valence-electron chi connectivity index (χ0n) is 13.5. The fourth-order valence-corrected chi connectivity index (χ4v) is 3.45. The normalized spacial score (nSPS) is 11.4. The van der Waals surface area contributed by atoms with Crippen molar-refractivity contribution in [2.45, 2.75) is 52.9 Å². The van der Waals surface area contributed by atoms with E-state index in [1.807, 2.05) is 24.3 Å². The van der Waals surface area contributed by atoms with Gasteiger partial charge in [0.1, 0.15) is 11.5 Å². The van der Waals surface area contributed by atoms with E-state index >= 15 is 0 Å². The number of hydrogen-bond acceptors (Lipinski definition) is 2. The molecule has 0 atom stereocenters. The van der Waals surface area contributed by atoms with Gasteiger partial charge in [0, 0.05) is 17.2 Å². The van der Waals surface area contributed by atoms with E-state index in [2.05, 4.69) is 29.8 Å². The second-order valence-electron chi connectivity index (χ2n) is 5.95. The quantitative estimate of drug-likeness (QED) is 0.541. The number of Topliss-reactive ketones (excluding diaryl/α,β-unsaturated/α-hetero) is 1. The van der Waals surface area contributed by atoms with Gasteiger partial charge >= 0.3 is 0 Å². The molecule has 0 aliphatic rings. The maximum absolute atomic E-state index is 11.1. The number of hydrogen-bond donors (Lipinski definition) is 0. The molecule has 0 heterocycles. The molecule has 0 spiro atoms. The van der Waals surface area contributed by atoms with Gasteiger partial charge in [-0.05, 0) is 37.5 Å². The molecule has 0 saturated carbocycles. The first-order chi connectivity index (χ1) is 10.0. The van der Waals surface area contributed by atoms with Crippen molar-refractivity contribution in [1.82, 2.24) is 0 Å². The van der Waals surface area contributed by atoms with Crippen molar-refractivity contribution in [2.75, 3.05) is 11.9 Å². The van der Waals surface area contributed by atoms with E-state index in [4.69, 9.17) is 4.74 Å². The largest absolute Gasteiger partial charge is 0.493 e. The molecule has 0 amide bonds. The Balaban J connectivity index is 2.64. The smallest absolute Gasteiger partial charge is 0.134 e. The van der Waals surface area contributed by atoms with Gasteiger partial charge < -0.3 is 4.74 Å². The van der Waals surface area contributed by atoms with Crippen molar-refractivity contribution in [3.63, 3.8) is 0 Å². The fourth-order valence-electron chi connectivity index (χ4n) is 2.73. The average molecular weight is 355 g/mol. The molecule has 0 unspecified atom stereocenters. The van der Waals surface area contributed by atoms with Gasteiger partial charge in [-0.2, -0.15) is 0 Å². The van der Waals surface area contributed by atoms with Crippen LogP contribution in [0.4, 0.5) is 0 Å². The van der Waals surface area contributed by atoms with Crippen LogP contribution in [-0.4, -0.2) is 17.7 Å². The van der Waals surface area contributed by atoms with Gasteiger partial charge in [-0.3, -0.25) is 4.79 Å². The van der Waals surface area contributed by atoms with Gasteiger partial charge in [0.25, 0.3) is 0 Å². The highest BCUT2D eigenvalue weighted by atomic mass is 79.9. The molecule has 0 aromatic heterocycles. The molecular weight excluding hydrogens is 328 g/mol. The first kappa shape index (κ1) is 18.2. The Morgan fingerprint density at radius 1 is 1.14 bits per heavy atom. The molecule has 0 aliphatic heterocycles. The van der Waals surface area contributed by atoms with Gasteiger partial charge in [0.2, 0.25) is 0 Å². The summed E-state index contributed by atoms with van der Waals surface area (Å²) >= 11 is 3.67. The summed E-state index contributed by atoms with van der Waals surface area (Å²) in [5.74, 6) is 1.08. The van der Waals surface area contributed by atoms with Crippen LogP contribution >= 0.6 is 15.9 Å². The van der Waals surface area contributed by atoms with Crippen molar-refractivity contribution in [2.24, 2.45) is 5.41 Å². The second-order valence-corrected chi connectivity index (χ2v) is 6.51. The Labute approximate surface area is 137 Å². The van der Waals surface area contributed by atoms with E-state index in [1.165, 1.54) is 25.7 Å². The third kappa shape index (κ3) is 6.21. The first-order valence-electron chi connectivity index (χ1n) is 7.82. The maximum Gasteiger partial charge on any atom is 0.134 e. The Morgan fingerprint density at radius 2 is 1.71 bits per heavy atom. The van der Waals surface area contributed by atoms with Gasteiger partial charge in [-0.15, -0.1) is 0 Å². The molecule has 0 aliphatic carbocycles. The van der Waals surface area contributed by atoms with Crippen LogP contribution in [0.2, 0.25) is 0 Å². The molecule has 118 valence electrons. The number of benzene rings is 1. The van der Waals surface area contributed by atoms with Crippen LogP contribution in [0.25, 0.3) is 0 Å². The third-order valence-corrected chi connectivity index (χ3v) is 4.96. The number of carbonyl (C=O) groups excluding carboxylic acids is 1. The van der Waals surface area contributed by atoms with Crippen molar-refractivity contribution in [3.8, 4) is 5.75 Å². The Hall–Kier alpha value is -0.830. The fraction of sp³-hybridized carbons (Fsp3) is 0.611. The molecule has 0 radical (unpaired) electrons. The lowest BCUT2D eigenvalue weighted by Gasteiger charge is -2.31. The van der Waals surface area contributed by atoms with Gasteiger partial charge in [-0.25, -0.2) is 0 Å². The van der Waals surface area contributed by atoms with Gasteiger partial charge in [-0.1, -0.05) is 54.8 Å². The van der Waals surface area contributed by atoms with E-state index in [9.17, 15) is 4.79 Å². The third-order valence-electron chi connectivity index (χ3n) is 3.77. The standard InChI is InChI=1S/C18H27BrO2/c1-4-10-18(13-19,11-5-2)14-21-17-8-6-16(7-9-17)12-15(3)20/h6-9H,4-5,10-14H2,1-3H3.